The number of ether oxygens (including phenoxy) is 4. The molecule has 2 aromatic heterocycles. The Hall–Kier alpha value is -4.17. The first-order valence-electron chi connectivity index (χ1n) is 12.4. The van der Waals surface area contributed by atoms with Crippen LogP contribution in [0.2, 0.25) is 0 Å². The third kappa shape index (κ3) is 5.12. The number of amides is 1. The highest BCUT2D eigenvalue weighted by molar-refractivity contribution is 6.00. The molecule has 0 unspecified atom stereocenters. The van der Waals surface area contributed by atoms with Crippen LogP contribution in [0.5, 0.6) is 23.0 Å². The largest absolute Gasteiger partial charge is 0.493 e. The number of benzene rings is 2. The first kappa shape index (κ1) is 27.9. The van der Waals surface area contributed by atoms with Gasteiger partial charge in [0.1, 0.15) is 5.65 Å². The van der Waals surface area contributed by atoms with Gasteiger partial charge in [0.15, 0.2) is 23.0 Å². The molecule has 0 saturated carbocycles. The van der Waals surface area contributed by atoms with Crippen molar-refractivity contribution in [2.75, 3.05) is 35.0 Å². The van der Waals surface area contributed by atoms with Crippen molar-refractivity contribution in [2.45, 2.75) is 13.0 Å². The van der Waals surface area contributed by atoms with E-state index in [9.17, 15) is 4.79 Å². The number of fused-ring (bicyclic) bond motifs is 2. The number of aromatic nitrogens is 2. The van der Waals surface area contributed by atoms with Crippen molar-refractivity contribution in [3.05, 3.63) is 71.4 Å². The minimum atomic E-state index is -0.0513. The fourth-order valence-electron chi connectivity index (χ4n) is 5.12. The summed E-state index contributed by atoms with van der Waals surface area (Å²) < 4.78 is 23.9. The third-order valence-electron chi connectivity index (χ3n) is 7.06. The molecule has 0 aliphatic carbocycles. The summed E-state index contributed by atoms with van der Waals surface area (Å²) in [6.07, 6.45) is 6.07. The number of rotatable bonds is 7. The number of hydrogen-bond acceptors (Lipinski definition) is 6. The monoisotopic (exact) mass is 549 g/mol. The van der Waals surface area contributed by atoms with Crippen molar-refractivity contribution in [3.8, 4) is 34.3 Å². The van der Waals surface area contributed by atoms with Gasteiger partial charge in [-0.25, -0.2) is 4.98 Å². The summed E-state index contributed by atoms with van der Waals surface area (Å²) in [5, 5.41) is 0.963. The average molecular weight is 550 g/mol. The molecule has 0 atom stereocenters. The molecule has 0 radical (unpaired) electrons. The fraction of sp³-hybridized carbons (Fsp3) is 0.267. The highest BCUT2D eigenvalue weighted by Gasteiger charge is 2.23. The molecule has 0 bridgehead atoms. The first-order chi connectivity index (χ1) is 18.5. The van der Waals surface area contributed by atoms with Gasteiger partial charge in [0.05, 0.1) is 34.1 Å². The van der Waals surface area contributed by atoms with Crippen LogP contribution in [-0.4, -0.2) is 55.3 Å². The van der Waals surface area contributed by atoms with Gasteiger partial charge in [-0.05, 0) is 66.1 Å². The topological polar surface area (TPSA) is 75.0 Å². The Kier molecular flexibility index (Phi) is 8.35. The zero-order valence-corrected chi connectivity index (χ0v) is 23.5. The number of carbonyl (C=O) groups is 1. The maximum absolute atomic E-state index is 13.4. The van der Waals surface area contributed by atoms with E-state index in [0.717, 1.165) is 39.8 Å². The number of aryl methyl sites for hydroxylation is 1. The second kappa shape index (κ2) is 11.7. The smallest absolute Gasteiger partial charge is 0.246 e. The van der Waals surface area contributed by atoms with Gasteiger partial charge in [-0.15, -0.1) is 12.4 Å². The van der Waals surface area contributed by atoms with Crippen LogP contribution in [0.4, 0.5) is 0 Å². The summed E-state index contributed by atoms with van der Waals surface area (Å²) in [4.78, 5) is 19.8. The van der Waals surface area contributed by atoms with Crippen LogP contribution < -0.4 is 18.9 Å². The number of methoxy groups -OCH3 is 4. The Morgan fingerprint density at radius 3 is 2.26 bits per heavy atom. The summed E-state index contributed by atoms with van der Waals surface area (Å²) in [5.74, 6) is 2.61. The molecule has 0 N–H and O–H groups in total. The minimum absolute atomic E-state index is 0. The van der Waals surface area contributed by atoms with Gasteiger partial charge < -0.3 is 28.4 Å². The molecule has 204 valence electrons. The summed E-state index contributed by atoms with van der Waals surface area (Å²) in [6.45, 7) is 1.14. The molecule has 3 heterocycles. The molecule has 39 heavy (non-hydrogen) atoms. The Morgan fingerprint density at radius 2 is 1.56 bits per heavy atom. The molecular formula is C30H32ClN3O5. The average Bonchev–Trinajstić information content (AvgIpc) is 3.25. The Bertz CT molecular complexity index is 1550. The number of halogens is 1. The van der Waals surface area contributed by atoms with Crippen LogP contribution in [0, 0.1) is 0 Å². The number of hydrogen-bond donors (Lipinski definition) is 0. The van der Waals surface area contributed by atoms with E-state index in [1.165, 1.54) is 5.56 Å². The van der Waals surface area contributed by atoms with Crippen molar-refractivity contribution in [1.82, 2.24) is 14.5 Å². The zero-order valence-electron chi connectivity index (χ0n) is 22.7. The predicted octanol–water partition coefficient (Wildman–Crippen LogP) is 5.29. The number of carbonyl (C=O) groups excluding carboxylic acids is 1. The summed E-state index contributed by atoms with van der Waals surface area (Å²) in [6, 6.07) is 13.7. The lowest BCUT2D eigenvalue weighted by Crippen LogP contribution is -2.34. The lowest BCUT2D eigenvalue weighted by molar-refractivity contribution is -0.126. The van der Waals surface area contributed by atoms with Crippen LogP contribution in [0.25, 0.3) is 28.4 Å². The number of pyridine rings is 1. The van der Waals surface area contributed by atoms with E-state index in [-0.39, 0.29) is 18.3 Å². The highest BCUT2D eigenvalue weighted by Crippen LogP contribution is 2.38. The van der Waals surface area contributed by atoms with E-state index in [2.05, 4.69) is 4.98 Å². The third-order valence-corrected chi connectivity index (χ3v) is 7.06. The Labute approximate surface area is 234 Å². The molecule has 1 aliphatic rings. The maximum atomic E-state index is 13.4. The van der Waals surface area contributed by atoms with Gasteiger partial charge in [0.2, 0.25) is 5.91 Å². The standard InChI is InChI=1S/C30H31N3O5.ClH/c1-32-29(20-8-10-24(35-2)25(16-20)36-3)22(23-7-6-13-31-30(23)32)9-11-28(34)33-14-12-19-15-26(37-4)27(38-5)17-21(19)18-33;/h6-11,13,15-17H,12,14,18H2,1-5H3;1H. The predicted molar refractivity (Wildman–Crippen MR) is 154 cm³/mol. The molecule has 9 heteroatoms. The van der Waals surface area contributed by atoms with Crippen molar-refractivity contribution in [1.29, 1.82) is 0 Å². The maximum Gasteiger partial charge on any atom is 0.246 e. The molecule has 8 nitrogen and oxygen atoms in total. The SMILES string of the molecule is COc1ccc(-c2c(C=CC(=O)N3CCc4cc(OC)c(OC)cc4C3)c3cccnc3n2C)cc1OC.Cl. The van der Waals surface area contributed by atoms with Crippen LogP contribution in [0.1, 0.15) is 16.7 Å². The van der Waals surface area contributed by atoms with Crippen LogP contribution in [-0.2, 0) is 24.8 Å². The highest BCUT2D eigenvalue weighted by atomic mass is 35.5. The fourth-order valence-corrected chi connectivity index (χ4v) is 5.12. The van der Waals surface area contributed by atoms with Gasteiger partial charge in [-0.2, -0.15) is 0 Å². The second-order valence-electron chi connectivity index (χ2n) is 9.08. The molecule has 1 aliphatic heterocycles. The van der Waals surface area contributed by atoms with Gasteiger partial charge in [-0.1, -0.05) is 0 Å². The second-order valence-corrected chi connectivity index (χ2v) is 9.08. The molecular weight excluding hydrogens is 518 g/mol. The Balaban J connectivity index is 0.00000353. The van der Waals surface area contributed by atoms with E-state index in [0.29, 0.717) is 36.1 Å². The van der Waals surface area contributed by atoms with Crippen molar-refractivity contribution in [3.63, 3.8) is 0 Å². The van der Waals surface area contributed by atoms with E-state index < -0.39 is 0 Å². The summed E-state index contributed by atoms with van der Waals surface area (Å²) in [7, 11) is 8.46. The van der Waals surface area contributed by atoms with Gasteiger partial charge in [0.25, 0.3) is 0 Å². The molecule has 5 rings (SSSR count). The molecule has 2 aromatic carbocycles. The first-order valence-corrected chi connectivity index (χ1v) is 12.4. The lowest BCUT2D eigenvalue weighted by Gasteiger charge is -2.28. The van der Waals surface area contributed by atoms with Gasteiger partial charge in [-0.3, -0.25) is 4.79 Å². The molecule has 4 aromatic rings. The van der Waals surface area contributed by atoms with Crippen LogP contribution >= 0.6 is 12.4 Å². The van der Waals surface area contributed by atoms with Gasteiger partial charge >= 0.3 is 0 Å². The summed E-state index contributed by atoms with van der Waals surface area (Å²) in [5.41, 5.74) is 5.85. The van der Waals surface area contributed by atoms with Crippen molar-refractivity contribution < 1.29 is 23.7 Å². The van der Waals surface area contributed by atoms with Crippen molar-refractivity contribution in [2.24, 2.45) is 7.05 Å². The molecule has 0 spiro atoms. The number of nitrogens with zero attached hydrogens (tertiary/aromatic N) is 3. The van der Waals surface area contributed by atoms with E-state index >= 15 is 0 Å². The quantitative estimate of drug-likeness (QED) is 0.291. The van der Waals surface area contributed by atoms with Crippen LogP contribution in [0.15, 0.2) is 54.7 Å². The van der Waals surface area contributed by atoms with Crippen LogP contribution in [0.3, 0.4) is 0 Å². The minimum Gasteiger partial charge on any atom is -0.493 e. The normalized spacial score (nSPS) is 12.7. The van der Waals surface area contributed by atoms with E-state index in [4.69, 9.17) is 18.9 Å². The van der Waals surface area contributed by atoms with Gasteiger partial charge in [0, 0.05) is 48.9 Å². The lowest BCUT2D eigenvalue weighted by atomic mass is 9.98. The molecule has 0 fully saturated rings. The van der Waals surface area contributed by atoms with Crippen molar-refractivity contribution >= 4 is 35.4 Å². The Morgan fingerprint density at radius 1 is 0.897 bits per heavy atom. The van der Waals surface area contributed by atoms with E-state index in [1.807, 2.05) is 65.1 Å². The molecule has 0 saturated heterocycles. The zero-order chi connectivity index (χ0) is 26.8. The molecule has 1 amide bonds. The van der Waals surface area contributed by atoms with E-state index in [1.54, 1.807) is 40.7 Å². The summed E-state index contributed by atoms with van der Waals surface area (Å²) >= 11 is 0.